The van der Waals surface area contributed by atoms with Crippen LogP contribution in [-0.2, 0) is 11.2 Å². The van der Waals surface area contributed by atoms with E-state index in [0.717, 1.165) is 30.6 Å². The van der Waals surface area contributed by atoms with Crippen LogP contribution in [0.4, 0.5) is 0 Å². The minimum atomic E-state index is -0.919. The zero-order chi connectivity index (χ0) is 15.4. The zero-order valence-electron chi connectivity index (χ0n) is 12.8. The fourth-order valence-electron chi connectivity index (χ4n) is 2.82. The number of aromatic nitrogens is 2. The number of methoxy groups -OCH3 is 1. The SMILES string of the molecule is CCCC(COC)n1c(CC)nc2cccc(C(=O)O)c21. The van der Waals surface area contributed by atoms with E-state index in [0.29, 0.717) is 17.7 Å². The van der Waals surface area contributed by atoms with Gasteiger partial charge in [0.05, 0.1) is 29.2 Å². The van der Waals surface area contributed by atoms with Gasteiger partial charge in [0.2, 0.25) is 0 Å². The fraction of sp³-hybridized carbons (Fsp3) is 0.500. The van der Waals surface area contributed by atoms with E-state index >= 15 is 0 Å². The van der Waals surface area contributed by atoms with Crippen molar-refractivity contribution in [2.24, 2.45) is 0 Å². The Labute approximate surface area is 124 Å². The molecule has 0 saturated carbocycles. The third kappa shape index (κ3) is 2.93. The lowest BCUT2D eigenvalue weighted by Crippen LogP contribution is -2.18. The Balaban J connectivity index is 2.70. The van der Waals surface area contributed by atoms with Crippen LogP contribution in [0.1, 0.15) is 48.9 Å². The summed E-state index contributed by atoms with van der Waals surface area (Å²) in [7, 11) is 1.67. The van der Waals surface area contributed by atoms with E-state index in [1.54, 1.807) is 19.2 Å². The third-order valence-electron chi connectivity index (χ3n) is 3.68. The molecule has 2 rings (SSSR count). The molecule has 1 aromatic carbocycles. The number of carbonyl (C=O) groups is 1. The number of ether oxygens (including phenoxy) is 1. The van der Waals surface area contributed by atoms with Crippen molar-refractivity contribution in [2.75, 3.05) is 13.7 Å². The van der Waals surface area contributed by atoms with E-state index in [2.05, 4.69) is 16.5 Å². The summed E-state index contributed by atoms with van der Waals surface area (Å²) in [4.78, 5) is 16.1. The second kappa shape index (κ2) is 6.72. The van der Waals surface area contributed by atoms with Gasteiger partial charge in [0.1, 0.15) is 5.82 Å². The predicted octanol–water partition coefficient (Wildman–Crippen LogP) is 3.28. The molecule has 5 nitrogen and oxygen atoms in total. The number of para-hydroxylation sites is 1. The van der Waals surface area contributed by atoms with Gasteiger partial charge in [-0.3, -0.25) is 0 Å². The molecule has 1 atom stereocenters. The summed E-state index contributed by atoms with van der Waals surface area (Å²) < 4.78 is 7.39. The van der Waals surface area contributed by atoms with E-state index in [9.17, 15) is 9.90 Å². The monoisotopic (exact) mass is 290 g/mol. The second-order valence-corrected chi connectivity index (χ2v) is 5.13. The summed E-state index contributed by atoms with van der Waals surface area (Å²) in [5.41, 5.74) is 1.75. The first-order valence-electron chi connectivity index (χ1n) is 7.36. The number of aryl methyl sites for hydroxylation is 1. The van der Waals surface area contributed by atoms with Crippen molar-refractivity contribution in [3.8, 4) is 0 Å². The summed E-state index contributed by atoms with van der Waals surface area (Å²) in [6, 6.07) is 5.36. The van der Waals surface area contributed by atoms with Gasteiger partial charge in [-0.25, -0.2) is 9.78 Å². The molecule has 114 valence electrons. The van der Waals surface area contributed by atoms with Crippen molar-refractivity contribution in [1.82, 2.24) is 9.55 Å². The second-order valence-electron chi connectivity index (χ2n) is 5.13. The minimum Gasteiger partial charge on any atom is -0.478 e. The number of hydrogen-bond donors (Lipinski definition) is 1. The highest BCUT2D eigenvalue weighted by Crippen LogP contribution is 2.27. The van der Waals surface area contributed by atoms with Gasteiger partial charge in [0, 0.05) is 13.5 Å². The van der Waals surface area contributed by atoms with Gasteiger partial charge < -0.3 is 14.4 Å². The lowest BCUT2D eigenvalue weighted by Gasteiger charge is -2.21. The molecule has 1 aromatic heterocycles. The predicted molar refractivity (Wildman–Crippen MR) is 81.9 cm³/mol. The minimum absolute atomic E-state index is 0.112. The molecule has 1 heterocycles. The lowest BCUT2D eigenvalue weighted by atomic mass is 10.1. The molecule has 0 aliphatic carbocycles. The number of carboxylic acids is 1. The van der Waals surface area contributed by atoms with Crippen LogP contribution < -0.4 is 0 Å². The van der Waals surface area contributed by atoms with Crippen LogP contribution >= 0.6 is 0 Å². The standard InChI is InChI=1S/C16H22N2O3/c1-4-7-11(10-21-3)18-14(5-2)17-13-9-6-8-12(15(13)18)16(19)20/h6,8-9,11H,4-5,7,10H2,1-3H3,(H,19,20). The van der Waals surface area contributed by atoms with Gasteiger partial charge in [-0.15, -0.1) is 0 Å². The lowest BCUT2D eigenvalue weighted by molar-refractivity contribution is 0.0698. The first-order chi connectivity index (χ1) is 10.1. The van der Waals surface area contributed by atoms with Crippen LogP contribution in [0.25, 0.3) is 11.0 Å². The summed E-state index contributed by atoms with van der Waals surface area (Å²) in [5.74, 6) is -0.00808. The zero-order valence-corrected chi connectivity index (χ0v) is 12.8. The van der Waals surface area contributed by atoms with Crippen molar-refractivity contribution in [3.05, 3.63) is 29.6 Å². The van der Waals surface area contributed by atoms with E-state index in [4.69, 9.17) is 4.74 Å². The summed E-state index contributed by atoms with van der Waals surface area (Å²) >= 11 is 0. The summed E-state index contributed by atoms with van der Waals surface area (Å²) in [6.45, 7) is 4.71. The molecule has 0 spiro atoms. The molecule has 0 fully saturated rings. The van der Waals surface area contributed by atoms with Crippen LogP contribution in [0.3, 0.4) is 0 Å². The van der Waals surface area contributed by atoms with E-state index in [1.807, 2.05) is 13.0 Å². The average Bonchev–Trinajstić information content (AvgIpc) is 2.85. The van der Waals surface area contributed by atoms with E-state index in [1.165, 1.54) is 0 Å². The van der Waals surface area contributed by atoms with Gasteiger partial charge in [-0.2, -0.15) is 0 Å². The van der Waals surface area contributed by atoms with E-state index < -0.39 is 5.97 Å². The maximum absolute atomic E-state index is 11.5. The number of imidazole rings is 1. The Morgan fingerprint density at radius 2 is 2.19 bits per heavy atom. The van der Waals surface area contributed by atoms with Crippen molar-refractivity contribution in [2.45, 2.75) is 39.2 Å². The Morgan fingerprint density at radius 3 is 2.76 bits per heavy atom. The van der Waals surface area contributed by atoms with Crippen molar-refractivity contribution in [3.63, 3.8) is 0 Å². The molecule has 0 saturated heterocycles. The topological polar surface area (TPSA) is 64.4 Å². The largest absolute Gasteiger partial charge is 0.478 e. The van der Waals surface area contributed by atoms with Crippen molar-refractivity contribution in [1.29, 1.82) is 0 Å². The molecule has 0 aliphatic heterocycles. The molecule has 1 unspecified atom stereocenters. The van der Waals surface area contributed by atoms with Crippen molar-refractivity contribution >= 4 is 17.0 Å². The van der Waals surface area contributed by atoms with Crippen LogP contribution in [0.2, 0.25) is 0 Å². The first-order valence-corrected chi connectivity index (χ1v) is 7.36. The Kier molecular flexibility index (Phi) is 4.96. The summed E-state index contributed by atoms with van der Waals surface area (Å²) in [5, 5.41) is 9.46. The molecule has 0 radical (unpaired) electrons. The normalized spacial score (nSPS) is 12.7. The van der Waals surface area contributed by atoms with Crippen LogP contribution in [-0.4, -0.2) is 34.3 Å². The third-order valence-corrected chi connectivity index (χ3v) is 3.68. The van der Waals surface area contributed by atoms with E-state index in [-0.39, 0.29) is 6.04 Å². The van der Waals surface area contributed by atoms with Gasteiger partial charge >= 0.3 is 5.97 Å². The van der Waals surface area contributed by atoms with Crippen LogP contribution in [0, 0.1) is 0 Å². The molecule has 5 heteroatoms. The molecule has 0 bridgehead atoms. The highest BCUT2D eigenvalue weighted by atomic mass is 16.5. The number of benzene rings is 1. The number of rotatable bonds is 7. The summed E-state index contributed by atoms with van der Waals surface area (Å²) in [6.07, 6.45) is 2.70. The number of carboxylic acid groups (broad SMARTS) is 1. The molecule has 2 aromatic rings. The molecule has 1 N–H and O–H groups in total. The smallest absolute Gasteiger partial charge is 0.337 e. The average molecular weight is 290 g/mol. The molecular formula is C16H22N2O3. The van der Waals surface area contributed by atoms with Crippen molar-refractivity contribution < 1.29 is 14.6 Å². The van der Waals surface area contributed by atoms with Gasteiger partial charge in [0.25, 0.3) is 0 Å². The van der Waals surface area contributed by atoms with Crippen LogP contribution in [0.15, 0.2) is 18.2 Å². The Morgan fingerprint density at radius 1 is 1.43 bits per heavy atom. The number of fused-ring (bicyclic) bond motifs is 1. The highest BCUT2D eigenvalue weighted by molar-refractivity contribution is 6.01. The Hall–Kier alpha value is -1.88. The number of aromatic carboxylic acids is 1. The molecule has 21 heavy (non-hydrogen) atoms. The molecule has 0 aliphatic rings. The van der Waals surface area contributed by atoms with Gasteiger partial charge in [-0.05, 0) is 18.6 Å². The fourth-order valence-corrected chi connectivity index (χ4v) is 2.82. The van der Waals surface area contributed by atoms with Crippen LogP contribution in [0.5, 0.6) is 0 Å². The highest BCUT2D eigenvalue weighted by Gasteiger charge is 2.22. The maximum Gasteiger partial charge on any atom is 0.337 e. The first kappa shape index (κ1) is 15.5. The molecular weight excluding hydrogens is 268 g/mol. The Bertz CT molecular complexity index is 628. The number of hydrogen-bond acceptors (Lipinski definition) is 3. The van der Waals surface area contributed by atoms with Gasteiger partial charge in [-0.1, -0.05) is 26.3 Å². The number of nitrogens with zero attached hydrogens (tertiary/aromatic N) is 2. The maximum atomic E-state index is 11.5. The quantitative estimate of drug-likeness (QED) is 0.850. The molecule has 0 amide bonds. The van der Waals surface area contributed by atoms with Gasteiger partial charge in [0.15, 0.2) is 0 Å².